The van der Waals surface area contributed by atoms with Gasteiger partial charge in [0.05, 0.1) is 16.0 Å². The predicted molar refractivity (Wildman–Crippen MR) is 73.8 cm³/mol. The van der Waals surface area contributed by atoms with Crippen molar-refractivity contribution < 1.29 is 14.5 Å². The van der Waals surface area contributed by atoms with Gasteiger partial charge in [-0.3, -0.25) is 14.9 Å². The smallest absolute Gasteiger partial charge is 0.320 e. The minimum Gasteiger partial charge on any atom is -0.465 e. The van der Waals surface area contributed by atoms with Gasteiger partial charge in [-0.25, -0.2) is 0 Å². The van der Waals surface area contributed by atoms with Crippen molar-refractivity contribution in [1.82, 2.24) is 0 Å². The van der Waals surface area contributed by atoms with E-state index in [1.54, 1.807) is 19.1 Å². The number of carbonyl (C=O) groups is 1. The summed E-state index contributed by atoms with van der Waals surface area (Å²) in [4.78, 5) is 21.1. The van der Waals surface area contributed by atoms with Crippen LogP contribution < -0.4 is 0 Å². The topological polar surface area (TPSA) is 69.4 Å². The summed E-state index contributed by atoms with van der Waals surface area (Å²) in [6.07, 6.45) is 0.412. The molecular weight excluding hydrogens is 370 g/mol. The molecule has 5 nitrogen and oxygen atoms in total. The van der Waals surface area contributed by atoms with E-state index >= 15 is 0 Å². The van der Waals surface area contributed by atoms with Gasteiger partial charge in [0.25, 0.3) is 5.69 Å². The molecule has 1 unspecified atom stereocenters. The van der Waals surface area contributed by atoms with Crippen molar-refractivity contribution in [3.05, 3.63) is 38.3 Å². The van der Waals surface area contributed by atoms with Crippen molar-refractivity contribution in [2.75, 3.05) is 6.61 Å². The highest BCUT2D eigenvalue weighted by molar-refractivity contribution is 9.10. The summed E-state index contributed by atoms with van der Waals surface area (Å²) in [6, 6.07) is 4.66. The third-order valence-electron chi connectivity index (χ3n) is 2.17. The summed E-state index contributed by atoms with van der Waals surface area (Å²) < 4.78 is 5.26. The Morgan fingerprint density at radius 3 is 2.72 bits per heavy atom. The molecule has 1 rings (SSSR count). The van der Waals surface area contributed by atoms with E-state index in [4.69, 9.17) is 4.74 Å². The molecule has 0 saturated heterocycles. The Labute approximate surface area is 121 Å². The third kappa shape index (κ3) is 4.06. The van der Waals surface area contributed by atoms with Gasteiger partial charge in [-0.15, -0.1) is 0 Å². The Hall–Kier alpha value is -0.950. The molecule has 1 aromatic carbocycles. The van der Waals surface area contributed by atoms with Crippen molar-refractivity contribution in [2.24, 2.45) is 0 Å². The van der Waals surface area contributed by atoms with Gasteiger partial charge < -0.3 is 4.74 Å². The van der Waals surface area contributed by atoms with Crippen LogP contribution in [-0.4, -0.2) is 22.3 Å². The van der Waals surface area contributed by atoms with Gasteiger partial charge in [0.15, 0.2) is 0 Å². The fraction of sp³-hybridized carbons (Fsp3) is 0.364. The molecular formula is C11H11Br2NO4. The number of halogens is 2. The molecule has 7 heteroatoms. The molecule has 0 radical (unpaired) electrons. The Bertz CT molecular complexity index is 464. The van der Waals surface area contributed by atoms with E-state index < -0.39 is 9.75 Å². The number of ether oxygens (including phenoxy) is 1. The zero-order valence-electron chi connectivity index (χ0n) is 9.56. The Balaban J connectivity index is 2.77. The highest BCUT2D eigenvalue weighted by atomic mass is 79.9. The fourth-order valence-corrected chi connectivity index (χ4v) is 2.43. The summed E-state index contributed by atoms with van der Waals surface area (Å²) in [6.45, 7) is 2.06. The van der Waals surface area contributed by atoms with Crippen LogP contribution in [0.15, 0.2) is 22.7 Å². The van der Waals surface area contributed by atoms with E-state index in [1.807, 2.05) is 0 Å². The zero-order valence-corrected chi connectivity index (χ0v) is 12.7. The number of hydrogen-bond donors (Lipinski definition) is 0. The molecule has 0 heterocycles. The molecule has 0 aliphatic heterocycles. The van der Waals surface area contributed by atoms with Crippen molar-refractivity contribution in [3.8, 4) is 0 Å². The maximum absolute atomic E-state index is 11.4. The van der Waals surface area contributed by atoms with Crippen molar-refractivity contribution in [2.45, 2.75) is 18.2 Å². The molecule has 0 saturated carbocycles. The predicted octanol–water partition coefficient (Wildman–Crippen LogP) is 3.23. The van der Waals surface area contributed by atoms with E-state index in [9.17, 15) is 14.9 Å². The van der Waals surface area contributed by atoms with Gasteiger partial charge in [-0.1, -0.05) is 22.0 Å². The maximum atomic E-state index is 11.4. The molecule has 0 aliphatic rings. The Morgan fingerprint density at radius 2 is 2.22 bits per heavy atom. The number of hydrogen-bond acceptors (Lipinski definition) is 4. The van der Waals surface area contributed by atoms with Crippen LogP contribution in [0.1, 0.15) is 12.5 Å². The molecule has 0 fully saturated rings. The second kappa shape index (κ2) is 6.84. The van der Waals surface area contributed by atoms with Gasteiger partial charge in [-0.2, -0.15) is 0 Å². The molecule has 0 aromatic heterocycles. The number of benzene rings is 1. The number of rotatable bonds is 5. The lowest BCUT2D eigenvalue weighted by Gasteiger charge is -2.09. The average molecular weight is 381 g/mol. The second-order valence-corrected chi connectivity index (χ2v) is 5.43. The maximum Gasteiger partial charge on any atom is 0.320 e. The lowest BCUT2D eigenvalue weighted by molar-refractivity contribution is -0.385. The van der Waals surface area contributed by atoms with Gasteiger partial charge >= 0.3 is 5.97 Å². The summed E-state index contributed by atoms with van der Waals surface area (Å²) >= 11 is 6.36. The molecule has 98 valence electrons. The molecule has 0 amide bonds. The Kier molecular flexibility index (Phi) is 5.74. The van der Waals surface area contributed by atoms with Crippen LogP contribution in [0, 0.1) is 10.1 Å². The van der Waals surface area contributed by atoms with Crippen LogP contribution >= 0.6 is 31.9 Å². The van der Waals surface area contributed by atoms with E-state index in [2.05, 4.69) is 31.9 Å². The quantitative estimate of drug-likeness (QED) is 0.340. The number of nitrogens with zero attached hydrogens (tertiary/aromatic N) is 1. The fourth-order valence-electron chi connectivity index (χ4n) is 1.35. The first-order chi connectivity index (χ1) is 8.45. The molecule has 1 atom stereocenters. The largest absolute Gasteiger partial charge is 0.465 e. The summed E-state index contributed by atoms with van der Waals surface area (Å²) in [5, 5.41) is 10.6. The normalized spacial score (nSPS) is 11.9. The van der Waals surface area contributed by atoms with Crippen LogP contribution in [0.5, 0.6) is 0 Å². The van der Waals surface area contributed by atoms with E-state index in [0.29, 0.717) is 17.5 Å². The Morgan fingerprint density at radius 1 is 1.56 bits per heavy atom. The molecule has 18 heavy (non-hydrogen) atoms. The first-order valence-electron chi connectivity index (χ1n) is 5.19. The molecule has 0 aliphatic carbocycles. The number of nitro groups is 1. The summed E-state index contributed by atoms with van der Waals surface area (Å²) in [5.74, 6) is -0.341. The molecule has 0 N–H and O–H groups in total. The molecule has 0 spiro atoms. The number of carbonyl (C=O) groups excluding carboxylic acids is 1. The number of nitro benzene ring substituents is 1. The highest BCUT2D eigenvalue weighted by Gasteiger charge is 2.18. The first-order valence-corrected chi connectivity index (χ1v) is 6.90. The summed E-state index contributed by atoms with van der Waals surface area (Å²) in [5.41, 5.74) is 0.809. The molecule has 1 aromatic rings. The van der Waals surface area contributed by atoms with Gasteiger partial charge in [-0.05, 0) is 40.9 Å². The minimum atomic E-state index is -0.467. The first kappa shape index (κ1) is 15.1. The van der Waals surface area contributed by atoms with Crippen LogP contribution in [0.2, 0.25) is 0 Å². The monoisotopic (exact) mass is 379 g/mol. The second-order valence-electron chi connectivity index (χ2n) is 3.47. The third-order valence-corrected chi connectivity index (χ3v) is 3.50. The van der Waals surface area contributed by atoms with Crippen molar-refractivity contribution >= 4 is 43.5 Å². The van der Waals surface area contributed by atoms with Crippen LogP contribution in [0.3, 0.4) is 0 Å². The van der Waals surface area contributed by atoms with E-state index in [1.165, 1.54) is 6.07 Å². The lowest BCUT2D eigenvalue weighted by Crippen LogP contribution is -2.19. The van der Waals surface area contributed by atoms with Gasteiger partial charge in [0.2, 0.25) is 0 Å². The SMILES string of the molecule is CCOC(=O)C(Br)Cc1ccc([N+](=O)[O-])c(Br)c1. The standard InChI is InChI=1S/C11H11Br2NO4/c1-2-18-11(15)9(13)6-7-3-4-10(14(16)17)8(12)5-7/h3-5,9H,2,6H2,1H3. The van der Waals surface area contributed by atoms with Crippen molar-refractivity contribution in [3.63, 3.8) is 0 Å². The minimum absolute atomic E-state index is 0.000933. The average Bonchev–Trinajstić information content (AvgIpc) is 2.28. The van der Waals surface area contributed by atoms with Crippen molar-refractivity contribution in [1.29, 1.82) is 0 Å². The van der Waals surface area contributed by atoms with Gasteiger partial charge in [0.1, 0.15) is 4.83 Å². The van der Waals surface area contributed by atoms with E-state index in [-0.39, 0.29) is 11.7 Å². The van der Waals surface area contributed by atoms with Crippen LogP contribution in [0.25, 0.3) is 0 Å². The van der Waals surface area contributed by atoms with E-state index in [0.717, 1.165) is 5.56 Å². The van der Waals surface area contributed by atoms with Gasteiger partial charge in [0, 0.05) is 6.07 Å². The molecule has 0 bridgehead atoms. The number of alkyl halides is 1. The highest BCUT2D eigenvalue weighted by Crippen LogP contribution is 2.26. The van der Waals surface area contributed by atoms with Crippen LogP contribution in [-0.2, 0) is 16.0 Å². The van der Waals surface area contributed by atoms with Crippen LogP contribution in [0.4, 0.5) is 5.69 Å². The zero-order chi connectivity index (χ0) is 13.7. The summed E-state index contributed by atoms with van der Waals surface area (Å²) in [7, 11) is 0. The number of esters is 1. The lowest BCUT2D eigenvalue weighted by atomic mass is 10.1.